The van der Waals surface area contributed by atoms with Crippen molar-refractivity contribution in [3.8, 4) is 0 Å². The third-order valence-corrected chi connectivity index (χ3v) is 4.01. The predicted octanol–water partition coefficient (Wildman–Crippen LogP) is 0.291. The van der Waals surface area contributed by atoms with Crippen LogP contribution in [0.2, 0.25) is 0 Å². The molecule has 3 N–H and O–H groups in total. The molecule has 2 aromatic rings. The predicted molar refractivity (Wildman–Crippen MR) is 82.6 cm³/mol. The number of carbonyl (C=O) groups is 2. The summed E-state index contributed by atoms with van der Waals surface area (Å²) in [6.07, 6.45) is 4.93. The minimum absolute atomic E-state index is 0.155. The van der Waals surface area contributed by atoms with Gasteiger partial charge in [0, 0.05) is 17.4 Å². The van der Waals surface area contributed by atoms with Crippen LogP contribution >= 0.6 is 0 Å². The zero-order valence-electron chi connectivity index (χ0n) is 13.0. The third-order valence-electron chi connectivity index (χ3n) is 4.01. The average Bonchev–Trinajstić information content (AvgIpc) is 2.91. The molecule has 8 nitrogen and oxygen atoms in total. The lowest BCUT2D eigenvalue weighted by Crippen LogP contribution is -2.46. The molecule has 8 heteroatoms. The molecule has 120 valence electrons. The van der Waals surface area contributed by atoms with Gasteiger partial charge in [0.05, 0.1) is 5.92 Å². The number of primary amides is 1. The van der Waals surface area contributed by atoms with Crippen LogP contribution in [0.15, 0.2) is 18.2 Å². The molecule has 23 heavy (non-hydrogen) atoms. The van der Waals surface area contributed by atoms with Gasteiger partial charge in [-0.15, -0.1) is 10.2 Å². The molecule has 0 radical (unpaired) electrons. The Balaban J connectivity index is 1.89. The third kappa shape index (κ3) is 2.79. The molecule has 3 rings (SSSR count). The molecule has 0 aliphatic heterocycles. The van der Waals surface area contributed by atoms with E-state index in [1.54, 1.807) is 4.40 Å². The molecule has 2 aromatic heterocycles. The first-order valence-electron chi connectivity index (χ1n) is 7.42. The summed E-state index contributed by atoms with van der Waals surface area (Å²) in [6.45, 7) is 3.71. The van der Waals surface area contributed by atoms with E-state index in [-0.39, 0.29) is 11.9 Å². The molecule has 2 amide bonds. The fraction of sp³-hybridized carbons (Fsp3) is 0.400. The Labute approximate surface area is 132 Å². The van der Waals surface area contributed by atoms with Crippen molar-refractivity contribution in [3.63, 3.8) is 0 Å². The minimum Gasteiger partial charge on any atom is -0.369 e. The normalized spacial score (nSPS) is 20.6. The highest BCUT2D eigenvalue weighted by Gasteiger charge is 2.30. The fourth-order valence-corrected chi connectivity index (χ4v) is 2.90. The highest BCUT2D eigenvalue weighted by Crippen LogP contribution is 2.19. The van der Waals surface area contributed by atoms with Crippen molar-refractivity contribution in [2.75, 3.05) is 0 Å². The molecule has 1 aliphatic carbocycles. The SMILES string of the molecule is Cc1cc(C)n2c(C(=O)N[C@@H]3CC=CC[C@H]3C(N)=O)nnc2n1. The van der Waals surface area contributed by atoms with Crippen molar-refractivity contribution in [3.05, 3.63) is 35.4 Å². The number of rotatable bonds is 3. The number of nitrogens with zero attached hydrogens (tertiary/aromatic N) is 4. The summed E-state index contributed by atoms with van der Waals surface area (Å²) in [6, 6.07) is 1.51. The second kappa shape index (κ2) is 5.79. The summed E-state index contributed by atoms with van der Waals surface area (Å²) in [4.78, 5) is 28.3. The van der Waals surface area contributed by atoms with Crippen LogP contribution in [0, 0.1) is 19.8 Å². The zero-order valence-corrected chi connectivity index (χ0v) is 13.0. The van der Waals surface area contributed by atoms with Crippen molar-refractivity contribution in [1.82, 2.24) is 24.9 Å². The molecule has 0 spiro atoms. The molecular weight excluding hydrogens is 296 g/mol. The van der Waals surface area contributed by atoms with Crippen LogP contribution in [-0.2, 0) is 4.79 Å². The topological polar surface area (TPSA) is 115 Å². The first kappa shape index (κ1) is 15.1. The monoisotopic (exact) mass is 314 g/mol. The Bertz CT molecular complexity index is 810. The van der Waals surface area contributed by atoms with Crippen LogP contribution in [0.1, 0.15) is 34.8 Å². The maximum atomic E-state index is 12.6. The van der Waals surface area contributed by atoms with Crippen molar-refractivity contribution in [1.29, 1.82) is 0 Å². The number of hydrogen-bond donors (Lipinski definition) is 2. The number of aromatic nitrogens is 4. The summed E-state index contributed by atoms with van der Waals surface area (Å²) >= 11 is 0. The molecule has 0 saturated heterocycles. The van der Waals surface area contributed by atoms with Crippen molar-refractivity contribution in [2.24, 2.45) is 11.7 Å². The Morgan fingerprint density at radius 2 is 2.00 bits per heavy atom. The van der Waals surface area contributed by atoms with Crippen LogP contribution in [0.5, 0.6) is 0 Å². The van der Waals surface area contributed by atoms with Gasteiger partial charge >= 0.3 is 0 Å². The lowest BCUT2D eigenvalue weighted by Gasteiger charge is -2.26. The van der Waals surface area contributed by atoms with Crippen LogP contribution in [-0.4, -0.2) is 37.4 Å². The molecule has 2 heterocycles. The molecule has 0 unspecified atom stereocenters. The van der Waals surface area contributed by atoms with Gasteiger partial charge in [0.15, 0.2) is 0 Å². The summed E-state index contributed by atoms with van der Waals surface area (Å²) in [7, 11) is 0. The molecule has 2 atom stereocenters. The number of carbonyl (C=O) groups excluding carboxylic acids is 2. The molecule has 0 saturated carbocycles. The Morgan fingerprint density at radius 3 is 2.74 bits per heavy atom. The van der Waals surface area contributed by atoms with Crippen LogP contribution < -0.4 is 11.1 Å². The van der Waals surface area contributed by atoms with E-state index in [0.717, 1.165) is 11.4 Å². The van der Waals surface area contributed by atoms with Gasteiger partial charge in [-0.1, -0.05) is 12.2 Å². The average molecular weight is 314 g/mol. The van der Waals surface area contributed by atoms with Gasteiger partial charge in [-0.25, -0.2) is 4.98 Å². The van der Waals surface area contributed by atoms with E-state index >= 15 is 0 Å². The first-order chi connectivity index (χ1) is 11.0. The quantitative estimate of drug-likeness (QED) is 0.790. The smallest absolute Gasteiger partial charge is 0.289 e. The van der Waals surface area contributed by atoms with E-state index in [2.05, 4.69) is 20.5 Å². The molecule has 0 bridgehead atoms. The number of hydrogen-bond acceptors (Lipinski definition) is 5. The summed E-state index contributed by atoms with van der Waals surface area (Å²) in [5.74, 6) is -0.688. The Morgan fingerprint density at radius 1 is 1.26 bits per heavy atom. The molecule has 0 fully saturated rings. The van der Waals surface area contributed by atoms with Crippen molar-refractivity contribution >= 4 is 17.6 Å². The number of amides is 2. The van der Waals surface area contributed by atoms with E-state index in [4.69, 9.17) is 5.73 Å². The van der Waals surface area contributed by atoms with Gasteiger partial charge in [0.1, 0.15) is 0 Å². The molecule has 1 aliphatic rings. The molecule has 0 aromatic carbocycles. The van der Waals surface area contributed by atoms with Gasteiger partial charge in [-0.2, -0.15) is 0 Å². The maximum absolute atomic E-state index is 12.6. The van der Waals surface area contributed by atoms with Crippen molar-refractivity contribution in [2.45, 2.75) is 32.7 Å². The summed E-state index contributed by atoms with van der Waals surface area (Å²) in [5, 5.41) is 10.7. The number of allylic oxidation sites excluding steroid dienone is 1. The number of fused-ring (bicyclic) bond motifs is 1. The summed E-state index contributed by atoms with van der Waals surface area (Å²) < 4.78 is 1.60. The van der Waals surface area contributed by atoms with Crippen LogP contribution in [0.3, 0.4) is 0 Å². The Hall–Kier alpha value is -2.77. The zero-order chi connectivity index (χ0) is 16.6. The largest absolute Gasteiger partial charge is 0.369 e. The van der Waals surface area contributed by atoms with Gasteiger partial charge in [-0.05, 0) is 32.8 Å². The van der Waals surface area contributed by atoms with E-state index in [9.17, 15) is 9.59 Å². The number of nitrogens with one attached hydrogen (secondary N) is 1. The number of nitrogens with two attached hydrogens (primary N) is 1. The second-order valence-corrected chi connectivity index (χ2v) is 5.73. The van der Waals surface area contributed by atoms with E-state index in [1.165, 1.54) is 0 Å². The fourth-order valence-electron chi connectivity index (χ4n) is 2.90. The Kier molecular flexibility index (Phi) is 3.81. The van der Waals surface area contributed by atoms with Crippen LogP contribution in [0.25, 0.3) is 5.78 Å². The van der Waals surface area contributed by atoms with E-state index in [0.29, 0.717) is 18.6 Å². The molecular formula is C15H18N6O2. The van der Waals surface area contributed by atoms with Crippen molar-refractivity contribution < 1.29 is 9.59 Å². The van der Waals surface area contributed by atoms with E-state index in [1.807, 2.05) is 32.1 Å². The minimum atomic E-state index is -0.417. The lowest BCUT2D eigenvalue weighted by molar-refractivity contribution is -0.122. The van der Waals surface area contributed by atoms with Gasteiger partial charge in [0.25, 0.3) is 11.7 Å². The van der Waals surface area contributed by atoms with Gasteiger partial charge < -0.3 is 11.1 Å². The maximum Gasteiger partial charge on any atom is 0.289 e. The number of aryl methyl sites for hydroxylation is 2. The highest BCUT2D eigenvalue weighted by atomic mass is 16.2. The first-order valence-corrected chi connectivity index (χ1v) is 7.42. The van der Waals surface area contributed by atoms with E-state index < -0.39 is 17.7 Å². The second-order valence-electron chi connectivity index (χ2n) is 5.73. The highest BCUT2D eigenvalue weighted by molar-refractivity contribution is 5.92. The standard InChI is InChI=1S/C15H18N6O2/c1-8-7-9(2)21-13(19-20-15(21)17-8)14(23)18-11-6-4-3-5-10(11)12(16)22/h3-4,7,10-11H,5-6H2,1-2H3,(H2,16,22)(H,18,23)/t10-,11-/m1/s1. The lowest BCUT2D eigenvalue weighted by atomic mass is 9.88. The van der Waals surface area contributed by atoms with Gasteiger partial charge in [0.2, 0.25) is 11.7 Å². The van der Waals surface area contributed by atoms with Gasteiger partial charge in [-0.3, -0.25) is 14.0 Å². The summed E-state index contributed by atoms with van der Waals surface area (Å²) in [5.41, 5.74) is 7.04. The van der Waals surface area contributed by atoms with Crippen LogP contribution in [0.4, 0.5) is 0 Å².